The molecule has 0 spiro atoms. The van der Waals surface area contributed by atoms with E-state index in [4.69, 9.17) is 9.78 Å². The van der Waals surface area contributed by atoms with Crippen molar-refractivity contribution in [3.8, 4) is 0 Å². The minimum absolute atomic E-state index is 1.07. The van der Waals surface area contributed by atoms with E-state index in [1.54, 1.807) is 12.5 Å². The molecule has 0 aliphatic carbocycles. The van der Waals surface area contributed by atoms with Crippen LogP contribution < -0.4 is 0 Å². The van der Waals surface area contributed by atoms with E-state index >= 15 is 0 Å². The third-order valence-corrected chi connectivity index (χ3v) is 3.06. The van der Waals surface area contributed by atoms with Crippen molar-refractivity contribution in [2.45, 2.75) is 84.5 Å². The Bertz CT molecular complexity index is 209. The minimum atomic E-state index is 1.07. The Balaban J connectivity index is 3.13. The second-order valence-corrected chi connectivity index (χ2v) is 4.99. The number of unbranched alkanes of at least 4 members (excludes halogenated alkanes) is 9. The topological polar surface area (TPSA) is 18.5 Å². The van der Waals surface area contributed by atoms with Gasteiger partial charge in [-0.2, -0.15) is 0 Å². The second-order valence-electron chi connectivity index (χ2n) is 4.99. The molecule has 0 N–H and O–H groups in total. The van der Waals surface area contributed by atoms with Crippen molar-refractivity contribution in [2.75, 3.05) is 0 Å². The van der Waals surface area contributed by atoms with Gasteiger partial charge in [0.15, 0.2) is 0 Å². The van der Waals surface area contributed by atoms with Crippen molar-refractivity contribution < 1.29 is 9.78 Å². The van der Waals surface area contributed by atoms with Gasteiger partial charge < -0.3 is 0 Å². The van der Waals surface area contributed by atoms with Crippen molar-refractivity contribution in [3.63, 3.8) is 0 Å². The molecule has 0 radical (unpaired) electrons. The Kier molecular flexibility index (Phi) is 16.3. The lowest BCUT2D eigenvalue weighted by molar-refractivity contribution is -0.196. The predicted octanol–water partition coefficient (Wildman–Crippen LogP) is 6.29. The standard InChI is InChI=1S/C17H32O2/c1-3-5-7-9-11-13-15-17-19-18-16-14-12-10-8-6-4-2/h14-17H,3-13H2,1-2H3. The maximum atomic E-state index is 4.92. The highest BCUT2D eigenvalue weighted by atomic mass is 17.2. The Morgan fingerprint density at radius 3 is 1.47 bits per heavy atom. The molecule has 0 heterocycles. The Morgan fingerprint density at radius 2 is 1.00 bits per heavy atom. The van der Waals surface area contributed by atoms with Gasteiger partial charge in [-0.25, -0.2) is 0 Å². The smallest absolute Gasteiger partial charge is 0.138 e. The van der Waals surface area contributed by atoms with E-state index in [0.717, 1.165) is 12.8 Å². The summed E-state index contributed by atoms with van der Waals surface area (Å²) in [6, 6.07) is 0. The van der Waals surface area contributed by atoms with Crippen LogP contribution in [0.25, 0.3) is 0 Å². The summed E-state index contributed by atoms with van der Waals surface area (Å²) in [7, 11) is 0. The lowest BCUT2D eigenvalue weighted by Crippen LogP contribution is -1.79. The maximum Gasteiger partial charge on any atom is 0.138 e. The number of rotatable bonds is 14. The minimum Gasteiger partial charge on any atom is -0.299 e. The van der Waals surface area contributed by atoms with Gasteiger partial charge in [0.2, 0.25) is 0 Å². The molecule has 0 saturated carbocycles. The second kappa shape index (κ2) is 17.1. The van der Waals surface area contributed by atoms with Gasteiger partial charge in [-0.15, -0.1) is 0 Å². The third kappa shape index (κ3) is 17.1. The fraction of sp³-hybridized carbons (Fsp3) is 0.765. The van der Waals surface area contributed by atoms with Crippen molar-refractivity contribution in [3.05, 3.63) is 24.7 Å². The van der Waals surface area contributed by atoms with E-state index in [1.807, 2.05) is 12.2 Å². The first-order chi connectivity index (χ1) is 9.41. The molecule has 0 aromatic rings. The van der Waals surface area contributed by atoms with E-state index in [1.165, 1.54) is 57.8 Å². The molecule has 2 heteroatoms. The average Bonchev–Trinajstić information content (AvgIpc) is 2.43. The molecule has 0 aliphatic heterocycles. The lowest BCUT2D eigenvalue weighted by atomic mass is 10.1. The van der Waals surface area contributed by atoms with Crippen LogP contribution in [0, 0.1) is 0 Å². The van der Waals surface area contributed by atoms with Gasteiger partial charge in [-0.3, -0.25) is 9.78 Å². The first-order valence-corrected chi connectivity index (χ1v) is 8.04. The van der Waals surface area contributed by atoms with Gasteiger partial charge in [0, 0.05) is 0 Å². The SMILES string of the molecule is CCCCCCC=COOC=CCCCCCCC. The number of allylic oxidation sites excluding steroid dienone is 2. The van der Waals surface area contributed by atoms with E-state index in [0.29, 0.717) is 0 Å². The van der Waals surface area contributed by atoms with Crippen LogP contribution in [0.15, 0.2) is 24.7 Å². The van der Waals surface area contributed by atoms with Crippen LogP contribution in [0.4, 0.5) is 0 Å². The van der Waals surface area contributed by atoms with Crippen molar-refractivity contribution in [1.29, 1.82) is 0 Å². The molecule has 0 amide bonds. The Labute approximate surface area is 119 Å². The maximum absolute atomic E-state index is 4.92. The molecule has 0 aromatic carbocycles. The van der Waals surface area contributed by atoms with Crippen LogP contribution in [0.1, 0.15) is 84.5 Å². The Morgan fingerprint density at radius 1 is 0.579 bits per heavy atom. The lowest BCUT2D eigenvalue weighted by Gasteiger charge is -1.97. The van der Waals surface area contributed by atoms with E-state index in [9.17, 15) is 0 Å². The molecule has 112 valence electrons. The summed E-state index contributed by atoms with van der Waals surface area (Å²) in [5.74, 6) is 0. The zero-order valence-electron chi connectivity index (χ0n) is 12.9. The van der Waals surface area contributed by atoms with Gasteiger partial charge in [0.1, 0.15) is 12.5 Å². The zero-order chi connectivity index (χ0) is 14.0. The molecular weight excluding hydrogens is 236 g/mol. The molecule has 0 aliphatic rings. The molecule has 19 heavy (non-hydrogen) atoms. The summed E-state index contributed by atoms with van der Waals surface area (Å²) in [5, 5.41) is 0. The number of hydrogen-bond donors (Lipinski definition) is 0. The molecule has 0 bridgehead atoms. The molecule has 2 nitrogen and oxygen atoms in total. The van der Waals surface area contributed by atoms with Crippen molar-refractivity contribution in [2.24, 2.45) is 0 Å². The molecule has 0 aromatic heterocycles. The highest BCUT2D eigenvalue weighted by molar-refractivity contribution is 4.74. The quantitative estimate of drug-likeness (QED) is 0.159. The fourth-order valence-electron chi connectivity index (χ4n) is 1.83. The van der Waals surface area contributed by atoms with Crippen molar-refractivity contribution in [1.82, 2.24) is 0 Å². The van der Waals surface area contributed by atoms with Gasteiger partial charge in [-0.1, -0.05) is 58.8 Å². The first-order valence-electron chi connectivity index (χ1n) is 8.04. The summed E-state index contributed by atoms with van der Waals surface area (Å²) < 4.78 is 0. The average molecular weight is 268 g/mol. The third-order valence-electron chi connectivity index (χ3n) is 3.06. The largest absolute Gasteiger partial charge is 0.299 e. The van der Waals surface area contributed by atoms with Gasteiger partial charge >= 0.3 is 0 Å². The molecule has 0 atom stereocenters. The Hall–Kier alpha value is -0.920. The molecule has 0 saturated heterocycles. The van der Waals surface area contributed by atoms with Crippen LogP contribution >= 0.6 is 0 Å². The molecular formula is C17H32O2. The highest BCUT2D eigenvalue weighted by Gasteiger charge is 1.87. The van der Waals surface area contributed by atoms with E-state index < -0.39 is 0 Å². The van der Waals surface area contributed by atoms with Crippen LogP contribution in [-0.2, 0) is 9.78 Å². The molecule has 0 unspecified atom stereocenters. The van der Waals surface area contributed by atoms with Crippen LogP contribution in [0.3, 0.4) is 0 Å². The zero-order valence-corrected chi connectivity index (χ0v) is 12.9. The summed E-state index contributed by atoms with van der Waals surface area (Å²) in [6.45, 7) is 4.46. The highest BCUT2D eigenvalue weighted by Crippen LogP contribution is 2.05. The fourth-order valence-corrected chi connectivity index (χ4v) is 1.83. The summed E-state index contributed by atoms with van der Waals surface area (Å²) in [6.07, 6.45) is 21.2. The summed E-state index contributed by atoms with van der Waals surface area (Å²) in [5.41, 5.74) is 0. The summed E-state index contributed by atoms with van der Waals surface area (Å²) >= 11 is 0. The first kappa shape index (κ1) is 18.1. The van der Waals surface area contributed by atoms with Crippen LogP contribution in [0.2, 0.25) is 0 Å². The van der Waals surface area contributed by atoms with Crippen molar-refractivity contribution >= 4 is 0 Å². The van der Waals surface area contributed by atoms with Crippen LogP contribution in [0.5, 0.6) is 0 Å². The predicted molar refractivity (Wildman–Crippen MR) is 82.6 cm³/mol. The van der Waals surface area contributed by atoms with E-state index in [-0.39, 0.29) is 0 Å². The molecule has 0 rings (SSSR count). The normalized spacial score (nSPS) is 11.5. The van der Waals surface area contributed by atoms with E-state index in [2.05, 4.69) is 13.8 Å². The van der Waals surface area contributed by atoms with Gasteiger partial charge in [0.05, 0.1) is 0 Å². The number of hydrogen-bond acceptors (Lipinski definition) is 2. The van der Waals surface area contributed by atoms with Gasteiger partial charge in [0.25, 0.3) is 0 Å². The van der Waals surface area contributed by atoms with Gasteiger partial charge in [-0.05, 0) is 37.8 Å². The monoisotopic (exact) mass is 268 g/mol. The molecule has 0 fully saturated rings. The summed E-state index contributed by atoms with van der Waals surface area (Å²) in [4.78, 5) is 9.84. The van der Waals surface area contributed by atoms with Crippen LogP contribution in [-0.4, -0.2) is 0 Å².